The van der Waals surface area contributed by atoms with Crippen molar-refractivity contribution >= 4 is 21.8 Å². The van der Waals surface area contributed by atoms with Crippen LogP contribution in [0.3, 0.4) is 0 Å². The second-order valence-electron chi connectivity index (χ2n) is 5.50. The first-order chi connectivity index (χ1) is 12.1. The zero-order chi connectivity index (χ0) is 17.6. The number of hydrogen-bond donors (Lipinski definition) is 0. The number of hydrogen-bond acceptors (Lipinski definition) is 3. The summed E-state index contributed by atoms with van der Waals surface area (Å²) in [4.78, 5) is 22.6. The fourth-order valence-corrected chi connectivity index (χ4v) is 2.81. The summed E-state index contributed by atoms with van der Waals surface area (Å²) in [6.07, 6.45) is 6.71. The van der Waals surface area contributed by atoms with Crippen molar-refractivity contribution in [3.8, 4) is 0 Å². The second-order valence-corrected chi connectivity index (χ2v) is 6.42. The lowest BCUT2D eigenvalue weighted by Gasteiger charge is -2.23. The fourth-order valence-electron chi connectivity index (χ4n) is 2.45. The van der Waals surface area contributed by atoms with E-state index in [0.29, 0.717) is 17.6 Å². The van der Waals surface area contributed by atoms with Crippen molar-refractivity contribution in [2.75, 3.05) is 0 Å². The third-order valence-electron chi connectivity index (χ3n) is 3.67. The van der Waals surface area contributed by atoms with Crippen molar-refractivity contribution < 1.29 is 9.18 Å². The minimum Gasteiger partial charge on any atom is -0.330 e. The van der Waals surface area contributed by atoms with Crippen LogP contribution in [0.15, 0.2) is 71.7 Å². The molecule has 0 saturated carbocycles. The molecule has 1 amide bonds. The van der Waals surface area contributed by atoms with Gasteiger partial charge < -0.3 is 4.90 Å². The minimum atomic E-state index is -0.542. The largest absolute Gasteiger partial charge is 0.330 e. The van der Waals surface area contributed by atoms with Crippen LogP contribution in [-0.4, -0.2) is 20.8 Å². The zero-order valence-electron chi connectivity index (χ0n) is 13.3. The van der Waals surface area contributed by atoms with Crippen LogP contribution in [0.1, 0.15) is 21.5 Å². The van der Waals surface area contributed by atoms with E-state index in [4.69, 9.17) is 0 Å². The molecular formula is C19H15BrFN3O. The molecule has 0 saturated heterocycles. The van der Waals surface area contributed by atoms with Crippen LogP contribution in [-0.2, 0) is 13.1 Å². The summed E-state index contributed by atoms with van der Waals surface area (Å²) in [5.41, 5.74) is 1.83. The number of carbonyl (C=O) groups is 1. The Hall–Kier alpha value is -2.60. The predicted octanol–water partition coefficient (Wildman–Crippen LogP) is 4.22. The molecule has 3 rings (SSSR count). The van der Waals surface area contributed by atoms with Gasteiger partial charge in [0.1, 0.15) is 5.82 Å². The highest BCUT2D eigenvalue weighted by atomic mass is 79.9. The number of amides is 1. The Kier molecular flexibility index (Phi) is 5.50. The third kappa shape index (κ3) is 4.48. The first-order valence-corrected chi connectivity index (χ1v) is 8.45. The van der Waals surface area contributed by atoms with E-state index in [9.17, 15) is 9.18 Å². The molecule has 0 N–H and O–H groups in total. The molecule has 1 aromatic carbocycles. The predicted molar refractivity (Wildman–Crippen MR) is 96.2 cm³/mol. The van der Waals surface area contributed by atoms with Gasteiger partial charge in [-0.05, 0) is 47.5 Å². The lowest BCUT2D eigenvalue weighted by atomic mass is 10.1. The maximum absolute atomic E-state index is 14.2. The lowest BCUT2D eigenvalue weighted by molar-refractivity contribution is 0.0725. The number of halogens is 2. The molecule has 0 radical (unpaired) electrons. The lowest BCUT2D eigenvalue weighted by Crippen LogP contribution is -2.31. The van der Waals surface area contributed by atoms with E-state index in [1.54, 1.807) is 35.8 Å². The Morgan fingerprint density at radius 1 is 1.00 bits per heavy atom. The number of aromatic nitrogens is 2. The number of pyridine rings is 2. The molecule has 0 fully saturated rings. The van der Waals surface area contributed by atoms with Gasteiger partial charge in [-0.3, -0.25) is 14.8 Å². The molecule has 0 unspecified atom stereocenters. The van der Waals surface area contributed by atoms with Crippen LogP contribution in [0.25, 0.3) is 0 Å². The third-order valence-corrected chi connectivity index (χ3v) is 4.16. The SMILES string of the molecule is O=C(c1cc(Br)ccc1F)N(Cc1ccncc1)Cc1cccnc1. The van der Waals surface area contributed by atoms with Gasteiger partial charge in [-0.1, -0.05) is 22.0 Å². The smallest absolute Gasteiger partial charge is 0.257 e. The normalized spacial score (nSPS) is 10.5. The van der Waals surface area contributed by atoms with E-state index >= 15 is 0 Å². The van der Waals surface area contributed by atoms with E-state index in [1.165, 1.54) is 12.1 Å². The van der Waals surface area contributed by atoms with E-state index in [-0.39, 0.29) is 11.5 Å². The maximum atomic E-state index is 14.2. The monoisotopic (exact) mass is 399 g/mol. The van der Waals surface area contributed by atoms with E-state index in [1.807, 2.05) is 24.3 Å². The number of nitrogens with zero attached hydrogens (tertiary/aromatic N) is 3. The molecule has 4 nitrogen and oxygen atoms in total. The molecule has 0 aliphatic carbocycles. The van der Waals surface area contributed by atoms with Gasteiger partial charge in [0.25, 0.3) is 5.91 Å². The van der Waals surface area contributed by atoms with E-state index in [0.717, 1.165) is 11.1 Å². The average Bonchev–Trinajstić information content (AvgIpc) is 2.64. The summed E-state index contributed by atoms with van der Waals surface area (Å²) in [5, 5.41) is 0. The second kappa shape index (κ2) is 7.98. The minimum absolute atomic E-state index is 0.0346. The van der Waals surface area contributed by atoms with Gasteiger partial charge in [0.15, 0.2) is 0 Å². The molecule has 2 heterocycles. The van der Waals surface area contributed by atoms with E-state index in [2.05, 4.69) is 25.9 Å². The molecule has 3 aromatic rings. The van der Waals surface area contributed by atoms with Crippen LogP contribution >= 0.6 is 15.9 Å². The van der Waals surface area contributed by atoms with Gasteiger partial charge in [-0.25, -0.2) is 4.39 Å². The quantitative estimate of drug-likeness (QED) is 0.644. The molecule has 0 aliphatic rings. The van der Waals surface area contributed by atoms with Crippen LogP contribution in [0.2, 0.25) is 0 Å². The Balaban J connectivity index is 1.92. The standard InChI is InChI=1S/C19H15BrFN3O/c20-16-3-4-18(21)17(10-16)19(25)24(12-14-5-8-22-9-6-14)13-15-2-1-7-23-11-15/h1-11H,12-13H2. The van der Waals surface area contributed by atoms with Crippen molar-refractivity contribution in [3.63, 3.8) is 0 Å². The van der Waals surface area contributed by atoms with Crippen LogP contribution < -0.4 is 0 Å². The molecule has 0 bridgehead atoms. The van der Waals surface area contributed by atoms with Gasteiger partial charge in [0, 0.05) is 42.3 Å². The fraction of sp³-hybridized carbons (Fsp3) is 0.105. The van der Waals surface area contributed by atoms with E-state index < -0.39 is 5.82 Å². The van der Waals surface area contributed by atoms with Gasteiger partial charge in [-0.2, -0.15) is 0 Å². The summed E-state index contributed by atoms with van der Waals surface area (Å²) in [6.45, 7) is 0.684. The Morgan fingerprint density at radius 3 is 2.48 bits per heavy atom. The summed E-state index contributed by atoms with van der Waals surface area (Å²) in [6, 6.07) is 11.7. The topological polar surface area (TPSA) is 46.1 Å². The summed E-state index contributed by atoms with van der Waals surface area (Å²) >= 11 is 3.29. The number of carbonyl (C=O) groups excluding carboxylic acids is 1. The summed E-state index contributed by atoms with van der Waals surface area (Å²) in [7, 11) is 0. The van der Waals surface area contributed by atoms with Gasteiger partial charge in [0.05, 0.1) is 5.56 Å². The first-order valence-electron chi connectivity index (χ1n) is 7.65. The molecule has 0 atom stereocenters. The highest BCUT2D eigenvalue weighted by Crippen LogP contribution is 2.20. The Morgan fingerprint density at radius 2 is 1.76 bits per heavy atom. The molecule has 2 aromatic heterocycles. The van der Waals surface area contributed by atoms with Crippen LogP contribution in [0.5, 0.6) is 0 Å². The first kappa shape index (κ1) is 17.2. The maximum Gasteiger partial charge on any atom is 0.257 e. The average molecular weight is 400 g/mol. The molecule has 126 valence electrons. The van der Waals surface area contributed by atoms with Crippen molar-refractivity contribution in [1.82, 2.24) is 14.9 Å². The molecular weight excluding hydrogens is 385 g/mol. The molecule has 0 aliphatic heterocycles. The number of rotatable bonds is 5. The summed E-state index contributed by atoms with van der Waals surface area (Å²) < 4.78 is 14.8. The number of benzene rings is 1. The highest BCUT2D eigenvalue weighted by molar-refractivity contribution is 9.10. The van der Waals surface area contributed by atoms with Gasteiger partial charge in [0.2, 0.25) is 0 Å². The molecule has 0 spiro atoms. The zero-order valence-corrected chi connectivity index (χ0v) is 14.9. The van der Waals surface area contributed by atoms with Crippen LogP contribution in [0.4, 0.5) is 4.39 Å². The van der Waals surface area contributed by atoms with Crippen molar-refractivity contribution in [2.24, 2.45) is 0 Å². The highest BCUT2D eigenvalue weighted by Gasteiger charge is 2.20. The van der Waals surface area contributed by atoms with Gasteiger partial charge in [-0.15, -0.1) is 0 Å². The van der Waals surface area contributed by atoms with Crippen molar-refractivity contribution in [1.29, 1.82) is 0 Å². The Bertz CT molecular complexity index is 818. The summed E-state index contributed by atoms with van der Waals surface area (Å²) in [5.74, 6) is -0.918. The Labute approximate surface area is 153 Å². The van der Waals surface area contributed by atoms with Crippen LogP contribution in [0, 0.1) is 5.82 Å². The van der Waals surface area contributed by atoms with Gasteiger partial charge >= 0.3 is 0 Å². The molecule has 25 heavy (non-hydrogen) atoms. The molecule has 6 heteroatoms. The van der Waals surface area contributed by atoms with Crippen molar-refractivity contribution in [2.45, 2.75) is 13.1 Å². The van der Waals surface area contributed by atoms with Crippen molar-refractivity contribution in [3.05, 3.63) is 94.2 Å².